The van der Waals surface area contributed by atoms with Gasteiger partial charge in [-0.05, 0) is 36.1 Å². The molecule has 1 N–H and O–H groups in total. The van der Waals surface area contributed by atoms with Crippen LogP contribution in [-0.2, 0) is 11.3 Å². The predicted molar refractivity (Wildman–Crippen MR) is 84.6 cm³/mol. The summed E-state index contributed by atoms with van der Waals surface area (Å²) in [6, 6.07) is 7.22. The van der Waals surface area contributed by atoms with Crippen molar-refractivity contribution in [2.45, 2.75) is 19.5 Å². The summed E-state index contributed by atoms with van der Waals surface area (Å²) in [5.41, 5.74) is 0.423. The SMILES string of the molecule is C[C@H](NC(=O)Cn1nnc2sccc2c1=O)c1ccc(F)cc1. The first-order valence-corrected chi connectivity index (χ1v) is 7.78. The number of amides is 1. The molecule has 3 aromatic rings. The van der Waals surface area contributed by atoms with E-state index in [1.54, 1.807) is 30.5 Å². The quantitative estimate of drug-likeness (QED) is 0.791. The van der Waals surface area contributed by atoms with Gasteiger partial charge in [-0.2, -0.15) is 0 Å². The zero-order valence-electron chi connectivity index (χ0n) is 12.2. The number of carbonyl (C=O) groups is 1. The molecule has 0 spiro atoms. The van der Waals surface area contributed by atoms with Crippen molar-refractivity contribution in [3.05, 3.63) is 57.4 Å². The first kappa shape index (κ1) is 15.3. The Morgan fingerprint density at radius 3 is 2.83 bits per heavy atom. The molecule has 0 unspecified atom stereocenters. The topological polar surface area (TPSA) is 76.9 Å². The zero-order chi connectivity index (χ0) is 16.4. The number of nitrogens with one attached hydrogen (secondary N) is 1. The molecule has 0 aliphatic heterocycles. The summed E-state index contributed by atoms with van der Waals surface area (Å²) < 4.78 is 13.9. The summed E-state index contributed by atoms with van der Waals surface area (Å²) in [5.74, 6) is -0.703. The van der Waals surface area contributed by atoms with Crippen molar-refractivity contribution >= 4 is 27.5 Å². The van der Waals surface area contributed by atoms with Crippen LogP contribution in [0.15, 0.2) is 40.5 Å². The highest BCUT2D eigenvalue weighted by atomic mass is 32.1. The Morgan fingerprint density at radius 2 is 2.09 bits per heavy atom. The molecule has 0 radical (unpaired) electrons. The Bertz CT molecular complexity index is 904. The van der Waals surface area contributed by atoms with Crippen LogP contribution in [0.1, 0.15) is 18.5 Å². The van der Waals surface area contributed by atoms with Crippen molar-refractivity contribution in [2.75, 3.05) is 0 Å². The summed E-state index contributed by atoms with van der Waals surface area (Å²) in [5, 5.41) is 12.6. The molecular weight excluding hydrogens is 319 g/mol. The lowest BCUT2D eigenvalue weighted by Crippen LogP contribution is -2.35. The second-order valence-corrected chi connectivity index (χ2v) is 5.93. The average Bonchev–Trinajstić information content (AvgIpc) is 3.00. The molecule has 1 amide bonds. The van der Waals surface area contributed by atoms with Gasteiger partial charge in [0, 0.05) is 0 Å². The molecule has 0 bridgehead atoms. The lowest BCUT2D eigenvalue weighted by atomic mass is 10.1. The summed E-state index contributed by atoms with van der Waals surface area (Å²) in [6.45, 7) is 1.56. The molecule has 23 heavy (non-hydrogen) atoms. The van der Waals surface area contributed by atoms with Crippen molar-refractivity contribution in [1.29, 1.82) is 0 Å². The lowest BCUT2D eigenvalue weighted by Gasteiger charge is -2.14. The molecule has 2 aromatic heterocycles. The maximum atomic E-state index is 12.9. The van der Waals surface area contributed by atoms with Crippen LogP contribution in [0.25, 0.3) is 10.2 Å². The molecule has 8 heteroatoms. The molecule has 0 aliphatic rings. The van der Waals surface area contributed by atoms with Gasteiger partial charge < -0.3 is 5.32 Å². The van der Waals surface area contributed by atoms with Crippen molar-refractivity contribution in [3.63, 3.8) is 0 Å². The maximum Gasteiger partial charge on any atom is 0.278 e. The summed E-state index contributed by atoms with van der Waals surface area (Å²) in [4.78, 5) is 24.8. The highest BCUT2D eigenvalue weighted by Gasteiger charge is 2.13. The van der Waals surface area contributed by atoms with E-state index >= 15 is 0 Å². The number of nitrogens with zero attached hydrogens (tertiary/aromatic N) is 3. The van der Waals surface area contributed by atoms with Crippen LogP contribution >= 0.6 is 11.3 Å². The molecule has 0 aliphatic carbocycles. The third-order valence-electron chi connectivity index (χ3n) is 3.39. The number of benzene rings is 1. The van der Waals surface area contributed by atoms with Gasteiger partial charge in [0.25, 0.3) is 5.56 Å². The van der Waals surface area contributed by atoms with E-state index in [9.17, 15) is 14.0 Å². The summed E-state index contributed by atoms with van der Waals surface area (Å²) >= 11 is 1.32. The molecule has 6 nitrogen and oxygen atoms in total. The van der Waals surface area contributed by atoms with Gasteiger partial charge in [-0.1, -0.05) is 17.3 Å². The van der Waals surface area contributed by atoms with Crippen LogP contribution in [0.5, 0.6) is 0 Å². The first-order chi connectivity index (χ1) is 11.0. The van der Waals surface area contributed by atoms with E-state index in [1.165, 1.54) is 23.5 Å². The molecule has 0 saturated carbocycles. The lowest BCUT2D eigenvalue weighted by molar-refractivity contribution is -0.122. The van der Waals surface area contributed by atoms with Crippen LogP contribution in [0.3, 0.4) is 0 Å². The Labute approximate surface area is 134 Å². The van der Waals surface area contributed by atoms with E-state index < -0.39 is 0 Å². The second kappa shape index (κ2) is 6.25. The number of thiophene rings is 1. The van der Waals surface area contributed by atoms with Gasteiger partial charge in [-0.15, -0.1) is 16.4 Å². The van der Waals surface area contributed by atoms with Gasteiger partial charge in [-0.25, -0.2) is 9.07 Å². The van der Waals surface area contributed by atoms with E-state index in [0.29, 0.717) is 10.2 Å². The highest BCUT2D eigenvalue weighted by molar-refractivity contribution is 7.16. The predicted octanol–water partition coefficient (Wildman–Crippen LogP) is 1.87. The Morgan fingerprint density at radius 1 is 1.35 bits per heavy atom. The third-order valence-corrected chi connectivity index (χ3v) is 4.19. The Hall–Kier alpha value is -2.61. The van der Waals surface area contributed by atoms with Crippen LogP contribution < -0.4 is 10.9 Å². The fraction of sp³-hybridized carbons (Fsp3) is 0.200. The number of rotatable bonds is 4. The number of halogens is 1. The number of aromatic nitrogens is 3. The monoisotopic (exact) mass is 332 g/mol. The smallest absolute Gasteiger partial charge is 0.278 e. The molecule has 0 saturated heterocycles. The fourth-order valence-corrected chi connectivity index (χ4v) is 2.88. The standard InChI is InChI=1S/C15H13FN4O2S/c1-9(10-2-4-11(16)5-3-10)17-13(21)8-20-15(22)12-6-7-23-14(12)18-19-20/h2-7,9H,8H2,1H3,(H,17,21)/t9-/m0/s1. The van der Waals surface area contributed by atoms with E-state index in [0.717, 1.165) is 10.2 Å². The summed E-state index contributed by atoms with van der Waals surface area (Å²) in [6.07, 6.45) is 0. The average molecular weight is 332 g/mol. The highest BCUT2D eigenvalue weighted by Crippen LogP contribution is 2.13. The minimum atomic E-state index is -0.368. The van der Waals surface area contributed by atoms with Crippen molar-refractivity contribution in [3.8, 4) is 0 Å². The second-order valence-electron chi connectivity index (χ2n) is 5.03. The van der Waals surface area contributed by atoms with Gasteiger partial charge >= 0.3 is 0 Å². The minimum Gasteiger partial charge on any atom is -0.348 e. The van der Waals surface area contributed by atoms with Gasteiger partial charge in [-0.3, -0.25) is 9.59 Å². The van der Waals surface area contributed by atoms with Crippen LogP contribution in [0.4, 0.5) is 4.39 Å². The molecule has 118 valence electrons. The van der Waals surface area contributed by atoms with Crippen LogP contribution in [0, 0.1) is 5.82 Å². The number of hydrogen-bond donors (Lipinski definition) is 1. The van der Waals surface area contributed by atoms with Gasteiger partial charge in [0.15, 0.2) is 4.83 Å². The fourth-order valence-electron chi connectivity index (χ4n) is 2.18. The molecule has 3 rings (SSSR count). The van der Waals surface area contributed by atoms with Crippen LogP contribution in [0.2, 0.25) is 0 Å². The van der Waals surface area contributed by atoms with Crippen molar-refractivity contribution < 1.29 is 9.18 Å². The molecule has 2 heterocycles. The third kappa shape index (κ3) is 3.26. The number of hydrogen-bond acceptors (Lipinski definition) is 5. The largest absolute Gasteiger partial charge is 0.348 e. The Balaban J connectivity index is 1.72. The number of fused-ring (bicyclic) bond motifs is 1. The normalized spacial score (nSPS) is 12.3. The van der Waals surface area contributed by atoms with E-state index in [2.05, 4.69) is 15.6 Å². The van der Waals surface area contributed by atoms with E-state index in [4.69, 9.17) is 0 Å². The molecule has 1 atom stereocenters. The molecular formula is C15H13FN4O2S. The molecule has 1 aromatic carbocycles. The van der Waals surface area contributed by atoms with E-state index in [1.807, 2.05) is 0 Å². The minimum absolute atomic E-state index is 0.219. The van der Waals surface area contributed by atoms with Crippen molar-refractivity contribution in [2.24, 2.45) is 0 Å². The van der Waals surface area contributed by atoms with Crippen LogP contribution in [-0.4, -0.2) is 20.9 Å². The maximum absolute atomic E-state index is 12.9. The van der Waals surface area contributed by atoms with Gasteiger partial charge in [0.2, 0.25) is 5.91 Å². The van der Waals surface area contributed by atoms with Crippen molar-refractivity contribution in [1.82, 2.24) is 20.3 Å². The van der Waals surface area contributed by atoms with Gasteiger partial charge in [0.1, 0.15) is 12.4 Å². The first-order valence-electron chi connectivity index (χ1n) is 6.90. The van der Waals surface area contributed by atoms with E-state index in [-0.39, 0.29) is 29.9 Å². The Kier molecular flexibility index (Phi) is 4.16. The number of carbonyl (C=O) groups excluding carboxylic acids is 1. The summed E-state index contributed by atoms with van der Waals surface area (Å²) in [7, 11) is 0. The van der Waals surface area contributed by atoms with Gasteiger partial charge in [0.05, 0.1) is 11.4 Å². The zero-order valence-corrected chi connectivity index (χ0v) is 13.0. The molecule has 0 fully saturated rings.